The topological polar surface area (TPSA) is 92.8 Å². The first-order valence-electron chi connectivity index (χ1n) is 9.38. The lowest BCUT2D eigenvalue weighted by atomic mass is 10.1. The number of nitrogens with zero attached hydrogens (tertiary/aromatic N) is 1. The predicted molar refractivity (Wildman–Crippen MR) is 113 cm³/mol. The lowest BCUT2D eigenvalue weighted by Crippen LogP contribution is -2.38. The summed E-state index contributed by atoms with van der Waals surface area (Å²) in [6.45, 7) is 3.94. The van der Waals surface area contributed by atoms with Crippen LogP contribution in [0, 0.1) is 13.8 Å². The molecule has 0 amide bonds. The van der Waals surface area contributed by atoms with Crippen LogP contribution in [0.3, 0.4) is 0 Å². The van der Waals surface area contributed by atoms with Gasteiger partial charge in [0.1, 0.15) is 5.75 Å². The van der Waals surface area contributed by atoms with Crippen LogP contribution in [-0.2, 0) is 26.6 Å². The molecule has 158 valence electrons. The van der Waals surface area contributed by atoms with E-state index >= 15 is 0 Å². The molecule has 9 heteroatoms. The van der Waals surface area contributed by atoms with E-state index in [0.29, 0.717) is 35.5 Å². The highest BCUT2D eigenvalue weighted by atomic mass is 32.2. The van der Waals surface area contributed by atoms with E-state index in [4.69, 9.17) is 4.74 Å². The van der Waals surface area contributed by atoms with Gasteiger partial charge in [-0.2, -0.15) is 0 Å². The summed E-state index contributed by atoms with van der Waals surface area (Å²) in [5.41, 5.74) is 2.36. The molecule has 1 N–H and O–H groups in total. The third kappa shape index (κ3) is 4.73. The van der Waals surface area contributed by atoms with Crippen LogP contribution in [0.5, 0.6) is 5.75 Å². The SMILES string of the molecule is COc1ccc(CNS(=O)(=O)c2c(C)cc(N3CCCCS3(=O)=O)cc2C)cc1. The van der Waals surface area contributed by atoms with Gasteiger partial charge in [-0.3, -0.25) is 4.31 Å². The molecule has 1 fully saturated rings. The Bertz CT molecular complexity index is 1070. The zero-order valence-electron chi connectivity index (χ0n) is 16.8. The van der Waals surface area contributed by atoms with Crippen molar-refractivity contribution in [3.8, 4) is 5.75 Å². The summed E-state index contributed by atoms with van der Waals surface area (Å²) >= 11 is 0. The Morgan fingerprint density at radius 1 is 1.07 bits per heavy atom. The number of rotatable bonds is 6. The van der Waals surface area contributed by atoms with Crippen molar-refractivity contribution in [2.45, 2.75) is 38.1 Å². The highest BCUT2D eigenvalue weighted by molar-refractivity contribution is 7.92. The second-order valence-corrected chi connectivity index (χ2v) is 10.9. The molecule has 0 radical (unpaired) electrons. The van der Waals surface area contributed by atoms with Crippen molar-refractivity contribution in [2.24, 2.45) is 0 Å². The molecule has 0 atom stereocenters. The van der Waals surface area contributed by atoms with Gasteiger partial charge in [0, 0.05) is 13.1 Å². The summed E-state index contributed by atoms with van der Waals surface area (Å²) in [4.78, 5) is 0.184. The number of sulfonamides is 2. The molecule has 0 unspecified atom stereocenters. The van der Waals surface area contributed by atoms with E-state index in [1.807, 2.05) is 0 Å². The Balaban J connectivity index is 1.85. The molecular weight excluding hydrogens is 412 g/mol. The van der Waals surface area contributed by atoms with Gasteiger partial charge in [-0.1, -0.05) is 12.1 Å². The summed E-state index contributed by atoms with van der Waals surface area (Å²) in [5.74, 6) is 0.820. The van der Waals surface area contributed by atoms with Crippen LogP contribution in [-0.4, -0.2) is 36.2 Å². The molecule has 2 aromatic carbocycles. The van der Waals surface area contributed by atoms with Crippen molar-refractivity contribution in [3.05, 3.63) is 53.1 Å². The molecule has 7 nitrogen and oxygen atoms in total. The average molecular weight is 439 g/mol. The molecule has 1 aliphatic heterocycles. The minimum Gasteiger partial charge on any atom is -0.497 e. The Kier molecular flexibility index (Phi) is 6.21. The van der Waals surface area contributed by atoms with Crippen LogP contribution in [0.4, 0.5) is 5.69 Å². The molecule has 1 aliphatic rings. The summed E-state index contributed by atoms with van der Waals surface area (Å²) in [5, 5.41) is 0. The predicted octanol–water partition coefficient (Wildman–Crippen LogP) is 2.72. The van der Waals surface area contributed by atoms with E-state index < -0.39 is 20.0 Å². The highest BCUT2D eigenvalue weighted by Gasteiger charge is 2.28. The molecule has 3 rings (SSSR count). The van der Waals surface area contributed by atoms with E-state index in [0.717, 1.165) is 12.0 Å². The Morgan fingerprint density at radius 2 is 1.69 bits per heavy atom. The minimum atomic E-state index is -3.76. The molecule has 0 aromatic heterocycles. The minimum absolute atomic E-state index is 0.120. The highest BCUT2D eigenvalue weighted by Crippen LogP contribution is 2.30. The van der Waals surface area contributed by atoms with Crippen molar-refractivity contribution in [2.75, 3.05) is 23.7 Å². The first-order chi connectivity index (χ1) is 13.6. The number of benzene rings is 2. The number of anilines is 1. The molecule has 0 spiro atoms. The first-order valence-corrected chi connectivity index (χ1v) is 12.5. The summed E-state index contributed by atoms with van der Waals surface area (Å²) in [6, 6.07) is 10.4. The zero-order valence-corrected chi connectivity index (χ0v) is 18.4. The van der Waals surface area contributed by atoms with Gasteiger partial charge >= 0.3 is 0 Å². The van der Waals surface area contributed by atoms with Gasteiger partial charge < -0.3 is 4.74 Å². The van der Waals surface area contributed by atoms with E-state index in [1.165, 1.54) is 4.31 Å². The van der Waals surface area contributed by atoms with Crippen molar-refractivity contribution in [1.82, 2.24) is 4.72 Å². The van der Waals surface area contributed by atoms with Crippen LogP contribution in [0.15, 0.2) is 41.3 Å². The number of hydrogen-bond donors (Lipinski definition) is 1. The van der Waals surface area contributed by atoms with Crippen LogP contribution >= 0.6 is 0 Å². The molecule has 0 aliphatic carbocycles. The lowest BCUT2D eigenvalue weighted by Gasteiger charge is -2.29. The van der Waals surface area contributed by atoms with Gasteiger partial charge in [-0.15, -0.1) is 0 Å². The number of aryl methyl sites for hydroxylation is 2. The van der Waals surface area contributed by atoms with E-state index in [-0.39, 0.29) is 17.2 Å². The fourth-order valence-corrected chi connectivity index (χ4v) is 6.66. The second-order valence-electron chi connectivity index (χ2n) is 7.18. The first kappa shape index (κ1) is 21.6. The van der Waals surface area contributed by atoms with Gasteiger partial charge in [-0.05, 0) is 67.6 Å². The molecular formula is C20H26N2O5S2. The monoisotopic (exact) mass is 438 g/mol. The number of nitrogens with one attached hydrogen (secondary N) is 1. The third-order valence-electron chi connectivity index (χ3n) is 4.98. The number of ether oxygens (including phenoxy) is 1. The van der Waals surface area contributed by atoms with Crippen LogP contribution in [0.25, 0.3) is 0 Å². The van der Waals surface area contributed by atoms with Gasteiger partial charge in [0.2, 0.25) is 20.0 Å². The molecule has 29 heavy (non-hydrogen) atoms. The van der Waals surface area contributed by atoms with E-state index in [9.17, 15) is 16.8 Å². The van der Waals surface area contributed by atoms with Crippen molar-refractivity contribution < 1.29 is 21.6 Å². The third-order valence-corrected chi connectivity index (χ3v) is 8.55. The zero-order chi connectivity index (χ0) is 21.2. The normalized spacial score (nSPS) is 16.6. The Hall–Kier alpha value is -2.10. The fourth-order valence-electron chi connectivity index (χ4n) is 3.57. The smallest absolute Gasteiger partial charge is 0.241 e. The fraction of sp³-hybridized carbons (Fsp3) is 0.400. The van der Waals surface area contributed by atoms with Gasteiger partial charge in [-0.25, -0.2) is 21.6 Å². The maximum atomic E-state index is 12.9. The Morgan fingerprint density at radius 3 is 2.24 bits per heavy atom. The number of methoxy groups -OCH3 is 1. The van der Waals surface area contributed by atoms with E-state index in [1.54, 1.807) is 57.4 Å². The van der Waals surface area contributed by atoms with Crippen LogP contribution < -0.4 is 13.8 Å². The van der Waals surface area contributed by atoms with Crippen molar-refractivity contribution in [3.63, 3.8) is 0 Å². The van der Waals surface area contributed by atoms with Crippen molar-refractivity contribution >= 4 is 25.7 Å². The molecule has 0 bridgehead atoms. The van der Waals surface area contributed by atoms with Gasteiger partial charge in [0.15, 0.2) is 0 Å². The van der Waals surface area contributed by atoms with Gasteiger partial charge in [0.05, 0.1) is 23.4 Å². The molecule has 1 saturated heterocycles. The summed E-state index contributed by atoms with van der Waals surface area (Å²) in [6.07, 6.45) is 1.44. The van der Waals surface area contributed by atoms with Crippen LogP contribution in [0.2, 0.25) is 0 Å². The summed E-state index contributed by atoms with van der Waals surface area (Å²) in [7, 11) is -5.54. The second kappa shape index (κ2) is 8.33. The summed E-state index contributed by atoms with van der Waals surface area (Å²) < 4.78 is 59.7. The number of hydrogen-bond acceptors (Lipinski definition) is 5. The molecule has 0 saturated carbocycles. The standard InChI is InChI=1S/C20H26N2O5S2/c1-15-12-18(22-10-4-5-11-28(22,23)24)13-16(2)20(15)29(25,26)21-14-17-6-8-19(27-3)9-7-17/h6-9,12-13,21H,4-5,10-11,14H2,1-3H3. The van der Waals surface area contributed by atoms with Gasteiger partial charge in [0.25, 0.3) is 0 Å². The van der Waals surface area contributed by atoms with Crippen LogP contribution in [0.1, 0.15) is 29.5 Å². The largest absolute Gasteiger partial charge is 0.497 e. The molecule has 1 heterocycles. The van der Waals surface area contributed by atoms with Crippen molar-refractivity contribution in [1.29, 1.82) is 0 Å². The quantitative estimate of drug-likeness (QED) is 0.749. The van der Waals surface area contributed by atoms with E-state index in [2.05, 4.69) is 4.72 Å². The molecule has 2 aromatic rings. The maximum absolute atomic E-state index is 12.9. The average Bonchev–Trinajstić information content (AvgIpc) is 2.65. The Labute approximate surface area is 172 Å². The maximum Gasteiger partial charge on any atom is 0.241 e. The lowest BCUT2D eigenvalue weighted by molar-refractivity contribution is 0.414.